The van der Waals surface area contributed by atoms with E-state index in [9.17, 15) is 114 Å². The third kappa shape index (κ3) is 4.15. The van der Waals surface area contributed by atoms with Gasteiger partial charge in [-0.2, -0.15) is 109 Å². The highest BCUT2D eigenvalue weighted by Gasteiger charge is 2.99. The average Bonchev–Trinajstić information content (AvgIpc) is 2.71. The molecular formula is C12HF23O4S. The Bertz CT molecular complexity index is 1100. The van der Waals surface area contributed by atoms with Crippen molar-refractivity contribution < 1.29 is 119 Å². The molecule has 0 saturated carbocycles. The van der Waals surface area contributed by atoms with Crippen molar-refractivity contribution in [3.63, 3.8) is 0 Å². The number of alkyl halides is 22. The van der Waals surface area contributed by atoms with Gasteiger partial charge in [-0.05, 0) is 0 Å². The lowest BCUT2D eigenvalue weighted by atomic mass is 9.85. The van der Waals surface area contributed by atoms with Crippen LogP contribution in [-0.2, 0) is 14.9 Å². The highest BCUT2D eigenvalue weighted by molar-refractivity contribution is 7.87. The van der Waals surface area contributed by atoms with Crippen molar-refractivity contribution in [2.24, 2.45) is 0 Å². The number of hydrogen-bond donors (Lipinski definition) is 1. The Hall–Kier alpha value is -2.03. The number of carbonyl (C=O) groups is 1. The summed E-state index contributed by atoms with van der Waals surface area (Å²) in [6.07, 6.45) is 0. The molecule has 40 heavy (non-hydrogen) atoms. The summed E-state index contributed by atoms with van der Waals surface area (Å²) >= 11 is 0. The van der Waals surface area contributed by atoms with Crippen LogP contribution in [0.4, 0.5) is 101 Å². The van der Waals surface area contributed by atoms with Gasteiger partial charge in [-0.3, -0.25) is 9.35 Å². The average molecular weight is 678 g/mol. The van der Waals surface area contributed by atoms with Gasteiger partial charge < -0.3 is 0 Å². The number of rotatable bonds is 12. The second-order valence-corrected chi connectivity index (χ2v) is 8.47. The van der Waals surface area contributed by atoms with E-state index < -0.39 is 80.6 Å². The lowest BCUT2D eigenvalue weighted by Crippen LogP contribution is -2.78. The molecule has 0 rings (SSSR count). The van der Waals surface area contributed by atoms with Crippen molar-refractivity contribution in [2.45, 2.75) is 64.5 Å². The Balaban J connectivity index is 7.42. The van der Waals surface area contributed by atoms with Gasteiger partial charge in [0, 0.05) is 0 Å². The minimum atomic E-state index is -9.64. The Morgan fingerprint density at radius 3 is 0.750 bits per heavy atom. The van der Waals surface area contributed by atoms with E-state index in [0.29, 0.717) is 0 Å². The Labute approximate surface area is 200 Å². The summed E-state index contributed by atoms with van der Waals surface area (Å²) in [7, 11) is -8.20. The third-order valence-corrected chi connectivity index (χ3v) is 5.39. The second-order valence-electron chi connectivity index (χ2n) is 7.01. The molecule has 0 unspecified atom stereocenters. The lowest BCUT2D eigenvalue weighted by Gasteiger charge is -2.45. The summed E-state index contributed by atoms with van der Waals surface area (Å²) in [6.45, 7) is 0. The number of carbonyl (C=O) groups excluding carboxylic acids is 1. The molecule has 0 aromatic carbocycles. The molecule has 0 spiro atoms. The van der Waals surface area contributed by atoms with Crippen molar-refractivity contribution in [3.05, 3.63) is 0 Å². The smallest absolute Gasteiger partial charge is 0.281 e. The highest BCUT2D eigenvalue weighted by Crippen LogP contribution is 2.67. The normalized spacial score (nSPS) is 16.8. The van der Waals surface area contributed by atoms with Gasteiger partial charge in [0.1, 0.15) is 0 Å². The first-order valence-electron chi connectivity index (χ1n) is 8.02. The van der Waals surface area contributed by atoms with Gasteiger partial charge in [0.05, 0.1) is 0 Å². The molecule has 0 aliphatic heterocycles. The minimum absolute atomic E-state index is 5.15. The van der Waals surface area contributed by atoms with E-state index in [1.165, 1.54) is 0 Å². The molecule has 0 aliphatic rings. The number of hydrogen-bond acceptors (Lipinski definition) is 3. The van der Waals surface area contributed by atoms with Crippen molar-refractivity contribution >= 4 is 16.2 Å². The highest BCUT2D eigenvalue weighted by atomic mass is 32.2. The molecule has 0 heterocycles. The summed E-state index contributed by atoms with van der Waals surface area (Å²) in [4.78, 5) is 9.67. The Morgan fingerprint density at radius 1 is 0.400 bits per heavy atom. The molecule has 0 aromatic heterocycles. The zero-order valence-electron chi connectivity index (χ0n) is 16.8. The summed E-state index contributed by atoms with van der Waals surface area (Å²) in [6, 6.07) is -5.15. The van der Waals surface area contributed by atoms with Gasteiger partial charge in [0.2, 0.25) is 0 Å². The van der Waals surface area contributed by atoms with Crippen LogP contribution in [0.15, 0.2) is 0 Å². The van der Waals surface area contributed by atoms with Crippen molar-refractivity contribution in [2.75, 3.05) is 0 Å². The van der Waals surface area contributed by atoms with Crippen LogP contribution in [0.1, 0.15) is 0 Å². The Kier molecular flexibility index (Phi) is 8.53. The molecule has 1 N–H and O–H groups in total. The first kappa shape index (κ1) is 38.0. The zero-order chi connectivity index (χ0) is 33.6. The van der Waals surface area contributed by atoms with Gasteiger partial charge in [0.25, 0.3) is 0 Å². The van der Waals surface area contributed by atoms with Crippen LogP contribution in [-0.4, -0.2) is 83.5 Å². The molecule has 0 aliphatic carbocycles. The van der Waals surface area contributed by atoms with Gasteiger partial charge in [0.15, 0.2) is 0 Å². The zero-order valence-corrected chi connectivity index (χ0v) is 17.6. The van der Waals surface area contributed by atoms with E-state index >= 15 is 0 Å². The maximum absolute atomic E-state index is 13.5. The third-order valence-electron chi connectivity index (χ3n) is 4.49. The second kappa shape index (κ2) is 8.98. The molecule has 240 valence electrons. The first-order chi connectivity index (χ1) is 16.7. The van der Waals surface area contributed by atoms with Crippen LogP contribution >= 0.6 is 0 Å². The summed E-state index contributed by atoms with van der Waals surface area (Å²) in [5.41, 5.74) is 0. The summed E-state index contributed by atoms with van der Waals surface area (Å²) < 4.78 is 331. The van der Waals surface area contributed by atoms with E-state index in [4.69, 9.17) is 4.55 Å². The predicted molar refractivity (Wildman–Crippen MR) is 72.1 cm³/mol. The standard InChI is InChI=1S/C12HF23O4S/c13-1(36)2(14,15)3(16,17)4(18,19)5(20,21)6(22,23)7(24,25)8(26,27)9(28,29)10(30,31)11(32,33)12(34,35)40(37,38)39/h(H,37,38,39). The largest absolute Gasteiger partial charge is 0.438 e. The van der Waals surface area contributed by atoms with Crippen LogP contribution in [0.5, 0.6) is 0 Å². The minimum Gasteiger partial charge on any atom is -0.281 e. The topological polar surface area (TPSA) is 71.4 Å². The fourth-order valence-electron chi connectivity index (χ4n) is 2.05. The molecule has 0 radical (unpaired) electrons. The van der Waals surface area contributed by atoms with E-state index in [-0.39, 0.29) is 0 Å². The molecule has 0 saturated heterocycles. The van der Waals surface area contributed by atoms with E-state index in [2.05, 4.69) is 0 Å². The lowest BCUT2D eigenvalue weighted by molar-refractivity contribution is -0.471. The maximum atomic E-state index is 13.5. The van der Waals surface area contributed by atoms with E-state index in [0.717, 1.165) is 0 Å². The summed E-state index contributed by atoms with van der Waals surface area (Å²) in [5, 5.41) is -8.18. The first-order valence-corrected chi connectivity index (χ1v) is 9.46. The predicted octanol–water partition coefficient (Wildman–Crippen LogP) is 6.32. The van der Waals surface area contributed by atoms with Crippen LogP contribution < -0.4 is 0 Å². The molecule has 0 fully saturated rings. The van der Waals surface area contributed by atoms with Crippen LogP contribution in [0.3, 0.4) is 0 Å². The van der Waals surface area contributed by atoms with Gasteiger partial charge in [-0.25, -0.2) is 0 Å². The molecule has 0 atom stereocenters. The monoisotopic (exact) mass is 678 g/mol. The molecule has 0 amide bonds. The van der Waals surface area contributed by atoms with Gasteiger partial charge >= 0.3 is 80.6 Å². The van der Waals surface area contributed by atoms with Gasteiger partial charge in [-0.15, -0.1) is 0 Å². The SMILES string of the molecule is O=C(F)C(F)(F)C(F)(F)C(F)(F)C(F)(F)C(F)(F)C(F)(F)C(F)(F)C(F)(F)C(F)(F)C(F)(F)C(F)(F)S(=O)(=O)O. The fourth-order valence-corrected chi connectivity index (χ4v) is 2.50. The molecular weight excluding hydrogens is 677 g/mol. The fraction of sp³-hybridized carbons (Fsp3) is 0.917. The van der Waals surface area contributed by atoms with Crippen molar-refractivity contribution in [1.82, 2.24) is 0 Å². The summed E-state index contributed by atoms with van der Waals surface area (Å²) in [5.74, 6) is -91.7. The molecule has 4 nitrogen and oxygen atoms in total. The van der Waals surface area contributed by atoms with Crippen LogP contribution in [0, 0.1) is 0 Å². The van der Waals surface area contributed by atoms with E-state index in [1.54, 1.807) is 0 Å². The molecule has 28 heteroatoms. The van der Waals surface area contributed by atoms with Crippen LogP contribution in [0.25, 0.3) is 0 Å². The van der Waals surface area contributed by atoms with Crippen molar-refractivity contribution in [1.29, 1.82) is 0 Å². The maximum Gasteiger partial charge on any atom is 0.438 e. The van der Waals surface area contributed by atoms with E-state index in [1.807, 2.05) is 0 Å². The van der Waals surface area contributed by atoms with Crippen LogP contribution in [0.2, 0.25) is 0 Å². The molecule has 0 bridgehead atoms. The van der Waals surface area contributed by atoms with Crippen molar-refractivity contribution in [3.8, 4) is 0 Å². The number of halogens is 23. The Morgan fingerprint density at radius 2 is 0.575 bits per heavy atom. The quantitative estimate of drug-likeness (QED) is 0.149. The van der Waals surface area contributed by atoms with Gasteiger partial charge in [-0.1, -0.05) is 0 Å². The molecule has 0 aromatic rings.